The van der Waals surface area contributed by atoms with Crippen LogP contribution in [0.2, 0.25) is 0 Å². The van der Waals surface area contributed by atoms with E-state index >= 15 is 0 Å². The number of ether oxygens (including phenoxy) is 3. The van der Waals surface area contributed by atoms with Gasteiger partial charge in [0, 0.05) is 25.6 Å². The fourth-order valence-electron chi connectivity index (χ4n) is 3.46. The molecule has 27 heavy (non-hydrogen) atoms. The van der Waals surface area contributed by atoms with E-state index in [2.05, 4.69) is 0 Å². The van der Waals surface area contributed by atoms with Crippen LogP contribution < -0.4 is 0 Å². The Hall–Kier alpha value is -2.67. The molecule has 144 valence electrons. The lowest BCUT2D eigenvalue weighted by Crippen LogP contribution is -2.32. The zero-order valence-electron chi connectivity index (χ0n) is 15.3. The van der Waals surface area contributed by atoms with Gasteiger partial charge in [-0.2, -0.15) is 0 Å². The maximum atomic E-state index is 13.8. The minimum atomic E-state index is -0.777. The average Bonchev–Trinajstić information content (AvgIpc) is 3.19. The lowest BCUT2D eigenvalue weighted by atomic mass is 9.83. The van der Waals surface area contributed by atoms with Crippen LogP contribution in [0.25, 0.3) is 0 Å². The van der Waals surface area contributed by atoms with Gasteiger partial charge in [-0.15, -0.1) is 0 Å². The SMILES string of the molecule is COC(=O)C1=CN(CC2CCCO2)C=C(C(=O)OC)C1c1cccc(F)c1. The number of methoxy groups -OCH3 is 2. The van der Waals surface area contributed by atoms with Crippen molar-refractivity contribution >= 4 is 11.9 Å². The van der Waals surface area contributed by atoms with Gasteiger partial charge < -0.3 is 19.1 Å². The molecule has 1 fully saturated rings. The second-order valence-corrected chi connectivity index (χ2v) is 6.47. The van der Waals surface area contributed by atoms with Gasteiger partial charge in [0.05, 0.1) is 37.4 Å². The molecule has 3 rings (SSSR count). The molecule has 0 spiro atoms. The molecule has 0 N–H and O–H groups in total. The van der Waals surface area contributed by atoms with Crippen LogP contribution in [0.1, 0.15) is 24.3 Å². The molecular formula is C20H22FNO5. The third kappa shape index (κ3) is 4.19. The molecule has 0 saturated carbocycles. The van der Waals surface area contributed by atoms with Crippen LogP contribution in [0.3, 0.4) is 0 Å². The van der Waals surface area contributed by atoms with Crippen molar-refractivity contribution in [3.8, 4) is 0 Å². The summed E-state index contributed by atoms with van der Waals surface area (Å²) < 4.78 is 29.3. The van der Waals surface area contributed by atoms with E-state index in [1.54, 1.807) is 23.4 Å². The fraction of sp³-hybridized carbons (Fsp3) is 0.400. The molecule has 1 atom stereocenters. The number of carbonyl (C=O) groups excluding carboxylic acids is 2. The number of nitrogens with zero attached hydrogens (tertiary/aromatic N) is 1. The van der Waals surface area contributed by atoms with Crippen molar-refractivity contribution in [3.05, 3.63) is 59.2 Å². The second-order valence-electron chi connectivity index (χ2n) is 6.47. The van der Waals surface area contributed by atoms with Crippen molar-refractivity contribution < 1.29 is 28.2 Å². The Morgan fingerprint density at radius 2 is 1.85 bits per heavy atom. The van der Waals surface area contributed by atoms with E-state index in [1.807, 2.05) is 0 Å². The molecule has 1 saturated heterocycles. The minimum Gasteiger partial charge on any atom is -0.466 e. The van der Waals surface area contributed by atoms with Gasteiger partial charge >= 0.3 is 11.9 Å². The van der Waals surface area contributed by atoms with E-state index < -0.39 is 23.7 Å². The Labute approximate surface area is 157 Å². The molecule has 0 aliphatic carbocycles. The van der Waals surface area contributed by atoms with Crippen LogP contribution in [0, 0.1) is 5.82 Å². The number of hydrogen-bond acceptors (Lipinski definition) is 6. The summed E-state index contributed by atoms with van der Waals surface area (Å²) in [4.78, 5) is 26.6. The summed E-state index contributed by atoms with van der Waals surface area (Å²) >= 11 is 0. The highest BCUT2D eigenvalue weighted by Gasteiger charge is 2.36. The van der Waals surface area contributed by atoms with E-state index in [-0.39, 0.29) is 17.3 Å². The van der Waals surface area contributed by atoms with E-state index in [0.29, 0.717) is 18.7 Å². The van der Waals surface area contributed by atoms with Crippen molar-refractivity contribution in [2.75, 3.05) is 27.4 Å². The van der Waals surface area contributed by atoms with E-state index in [4.69, 9.17) is 14.2 Å². The minimum absolute atomic E-state index is 0.0148. The van der Waals surface area contributed by atoms with Crippen LogP contribution >= 0.6 is 0 Å². The van der Waals surface area contributed by atoms with Crippen LogP contribution in [0.15, 0.2) is 47.8 Å². The zero-order valence-corrected chi connectivity index (χ0v) is 15.3. The fourth-order valence-corrected chi connectivity index (χ4v) is 3.46. The molecule has 2 aliphatic rings. The monoisotopic (exact) mass is 375 g/mol. The zero-order chi connectivity index (χ0) is 19.4. The standard InChI is InChI=1S/C20H22FNO5/c1-25-19(23)16-11-22(10-15-7-4-8-27-15)12-17(20(24)26-2)18(16)13-5-3-6-14(21)9-13/h3,5-6,9,11-12,15,18H,4,7-8,10H2,1-2H3. The average molecular weight is 375 g/mol. The predicted octanol–water partition coefficient (Wildman–Crippen LogP) is 2.52. The van der Waals surface area contributed by atoms with E-state index in [1.165, 1.54) is 32.4 Å². The van der Waals surface area contributed by atoms with Crippen molar-refractivity contribution in [3.63, 3.8) is 0 Å². The third-order valence-electron chi connectivity index (χ3n) is 4.69. The molecule has 0 bridgehead atoms. The molecule has 1 aromatic carbocycles. The van der Waals surface area contributed by atoms with Crippen LogP contribution in [-0.2, 0) is 23.8 Å². The summed E-state index contributed by atoms with van der Waals surface area (Å²) in [6.07, 6.45) is 5.17. The van der Waals surface area contributed by atoms with Crippen LogP contribution in [0.5, 0.6) is 0 Å². The first-order valence-electron chi connectivity index (χ1n) is 8.76. The highest BCUT2D eigenvalue weighted by molar-refractivity contribution is 5.98. The number of halogens is 1. The molecule has 2 aliphatic heterocycles. The van der Waals surface area contributed by atoms with Crippen molar-refractivity contribution in [1.82, 2.24) is 4.90 Å². The quantitative estimate of drug-likeness (QED) is 0.737. The van der Waals surface area contributed by atoms with Gasteiger partial charge in [0.1, 0.15) is 5.82 Å². The van der Waals surface area contributed by atoms with Gasteiger partial charge in [-0.3, -0.25) is 0 Å². The summed E-state index contributed by atoms with van der Waals surface area (Å²) in [7, 11) is 2.54. The van der Waals surface area contributed by atoms with Crippen LogP contribution in [-0.4, -0.2) is 50.3 Å². The predicted molar refractivity (Wildman–Crippen MR) is 95.0 cm³/mol. The largest absolute Gasteiger partial charge is 0.466 e. The van der Waals surface area contributed by atoms with Gasteiger partial charge in [0.25, 0.3) is 0 Å². The van der Waals surface area contributed by atoms with Gasteiger partial charge in [-0.1, -0.05) is 12.1 Å². The molecular weight excluding hydrogens is 353 g/mol. The number of carbonyl (C=O) groups is 2. The Morgan fingerprint density at radius 3 is 2.37 bits per heavy atom. The Kier molecular flexibility index (Phi) is 5.91. The normalized spacial score (nSPS) is 20.1. The molecule has 6 nitrogen and oxygen atoms in total. The van der Waals surface area contributed by atoms with E-state index in [0.717, 1.165) is 12.8 Å². The van der Waals surface area contributed by atoms with Gasteiger partial charge in [0.2, 0.25) is 0 Å². The Balaban J connectivity index is 2.03. The third-order valence-corrected chi connectivity index (χ3v) is 4.69. The van der Waals surface area contributed by atoms with E-state index in [9.17, 15) is 14.0 Å². The molecule has 0 radical (unpaired) electrons. The molecule has 1 aromatic rings. The molecule has 7 heteroatoms. The Morgan fingerprint density at radius 1 is 1.19 bits per heavy atom. The molecule has 2 heterocycles. The molecule has 1 unspecified atom stereocenters. The number of benzene rings is 1. The number of hydrogen-bond donors (Lipinski definition) is 0. The maximum absolute atomic E-state index is 13.8. The maximum Gasteiger partial charge on any atom is 0.336 e. The highest BCUT2D eigenvalue weighted by atomic mass is 19.1. The van der Waals surface area contributed by atoms with Gasteiger partial charge in [-0.05, 0) is 30.5 Å². The summed E-state index contributed by atoms with van der Waals surface area (Å²) in [6, 6.07) is 5.80. The first-order chi connectivity index (χ1) is 13.0. The number of rotatable bonds is 5. The summed E-state index contributed by atoms with van der Waals surface area (Å²) in [5.41, 5.74) is 0.952. The van der Waals surface area contributed by atoms with Gasteiger partial charge in [0.15, 0.2) is 0 Å². The van der Waals surface area contributed by atoms with Crippen molar-refractivity contribution in [2.24, 2.45) is 0 Å². The highest BCUT2D eigenvalue weighted by Crippen LogP contribution is 2.37. The second kappa shape index (κ2) is 8.35. The van der Waals surface area contributed by atoms with Crippen molar-refractivity contribution in [2.45, 2.75) is 24.9 Å². The smallest absolute Gasteiger partial charge is 0.336 e. The Bertz CT molecular complexity index is 748. The summed E-state index contributed by atoms with van der Waals surface area (Å²) in [5.74, 6) is -2.41. The first-order valence-corrected chi connectivity index (χ1v) is 8.76. The number of esters is 2. The van der Waals surface area contributed by atoms with Crippen molar-refractivity contribution in [1.29, 1.82) is 0 Å². The summed E-state index contributed by atoms with van der Waals surface area (Å²) in [6.45, 7) is 1.20. The topological polar surface area (TPSA) is 65.1 Å². The van der Waals surface area contributed by atoms with Crippen LogP contribution in [0.4, 0.5) is 4.39 Å². The summed E-state index contributed by atoms with van der Waals surface area (Å²) in [5, 5.41) is 0. The van der Waals surface area contributed by atoms with Gasteiger partial charge in [-0.25, -0.2) is 14.0 Å². The molecule has 0 aromatic heterocycles. The lowest BCUT2D eigenvalue weighted by Gasteiger charge is -2.31. The first kappa shape index (κ1) is 19.1. The molecule has 0 amide bonds. The lowest BCUT2D eigenvalue weighted by molar-refractivity contribution is -0.137.